The summed E-state index contributed by atoms with van der Waals surface area (Å²) in [4.78, 5) is 0.134. The molecule has 1 aromatic rings. The van der Waals surface area contributed by atoms with E-state index in [0.717, 1.165) is 18.6 Å². The SMILES string of the molecule is CCCCSc1c(F)cc(CCN)cc1F. The molecule has 1 nitrogen and oxygen atoms in total. The zero-order valence-electron chi connectivity index (χ0n) is 9.43. The Morgan fingerprint density at radius 3 is 2.38 bits per heavy atom. The zero-order valence-corrected chi connectivity index (χ0v) is 10.2. The van der Waals surface area contributed by atoms with Gasteiger partial charge in [-0.3, -0.25) is 0 Å². The standard InChI is InChI=1S/C12H17F2NS/c1-2-3-6-16-12-10(13)7-9(4-5-15)8-11(12)14/h7-8H,2-6,15H2,1H3. The van der Waals surface area contributed by atoms with Gasteiger partial charge in [-0.2, -0.15) is 0 Å². The number of unbranched alkanes of at least 4 members (excludes halogenated alkanes) is 1. The van der Waals surface area contributed by atoms with Gasteiger partial charge in [0.1, 0.15) is 11.6 Å². The summed E-state index contributed by atoms with van der Waals surface area (Å²) in [5.74, 6) is -0.185. The summed E-state index contributed by atoms with van der Waals surface area (Å²) >= 11 is 1.24. The number of benzene rings is 1. The highest BCUT2D eigenvalue weighted by Crippen LogP contribution is 2.27. The van der Waals surface area contributed by atoms with Crippen LogP contribution in [0.3, 0.4) is 0 Å². The van der Waals surface area contributed by atoms with Gasteiger partial charge in [-0.15, -0.1) is 11.8 Å². The number of rotatable bonds is 6. The summed E-state index contributed by atoms with van der Waals surface area (Å²) in [6.07, 6.45) is 2.50. The van der Waals surface area contributed by atoms with Crippen LogP contribution in [0.15, 0.2) is 17.0 Å². The Bertz CT molecular complexity index is 319. The first-order valence-electron chi connectivity index (χ1n) is 5.49. The average molecular weight is 245 g/mol. The van der Waals surface area contributed by atoms with Crippen LogP contribution in [-0.2, 0) is 6.42 Å². The average Bonchev–Trinajstić information content (AvgIpc) is 2.23. The lowest BCUT2D eigenvalue weighted by atomic mass is 10.1. The number of thioether (sulfide) groups is 1. The van der Waals surface area contributed by atoms with E-state index in [1.807, 2.05) is 0 Å². The highest BCUT2D eigenvalue weighted by Gasteiger charge is 2.11. The first kappa shape index (κ1) is 13.5. The largest absolute Gasteiger partial charge is 0.330 e. The molecule has 0 unspecified atom stereocenters. The maximum Gasteiger partial charge on any atom is 0.140 e. The minimum absolute atomic E-state index is 0.134. The number of halogens is 2. The van der Waals surface area contributed by atoms with Crippen LogP contribution in [0.25, 0.3) is 0 Å². The molecule has 0 radical (unpaired) electrons. The van der Waals surface area contributed by atoms with Crippen molar-refractivity contribution in [3.8, 4) is 0 Å². The van der Waals surface area contributed by atoms with Gasteiger partial charge in [0.2, 0.25) is 0 Å². The van der Waals surface area contributed by atoms with Crippen LogP contribution in [0.1, 0.15) is 25.3 Å². The summed E-state index contributed by atoms with van der Waals surface area (Å²) in [5.41, 5.74) is 5.97. The molecule has 1 rings (SSSR count). The molecule has 0 aliphatic carbocycles. The van der Waals surface area contributed by atoms with Crippen LogP contribution in [0.4, 0.5) is 8.78 Å². The molecule has 2 N–H and O–H groups in total. The molecule has 0 heterocycles. The highest BCUT2D eigenvalue weighted by molar-refractivity contribution is 7.99. The van der Waals surface area contributed by atoms with E-state index < -0.39 is 11.6 Å². The Morgan fingerprint density at radius 1 is 1.25 bits per heavy atom. The highest BCUT2D eigenvalue weighted by atomic mass is 32.2. The van der Waals surface area contributed by atoms with Gasteiger partial charge >= 0.3 is 0 Å². The predicted octanol–water partition coefficient (Wildman–Crippen LogP) is 3.36. The minimum Gasteiger partial charge on any atom is -0.330 e. The normalized spacial score (nSPS) is 10.8. The first-order valence-corrected chi connectivity index (χ1v) is 6.48. The first-order chi connectivity index (χ1) is 7.69. The van der Waals surface area contributed by atoms with Crippen molar-refractivity contribution < 1.29 is 8.78 Å². The summed E-state index contributed by atoms with van der Waals surface area (Å²) in [6.45, 7) is 2.46. The molecule has 1 aromatic carbocycles. The van der Waals surface area contributed by atoms with E-state index in [1.54, 1.807) is 0 Å². The van der Waals surface area contributed by atoms with Crippen molar-refractivity contribution in [3.63, 3.8) is 0 Å². The van der Waals surface area contributed by atoms with Gasteiger partial charge in [-0.05, 0) is 42.8 Å². The fourth-order valence-corrected chi connectivity index (χ4v) is 2.41. The molecule has 4 heteroatoms. The van der Waals surface area contributed by atoms with E-state index in [2.05, 4.69) is 6.92 Å². The van der Waals surface area contributed by atoms with Crippen LogP contribution < -0.4 is 5.73 Å². The van der Waals surface area contributed by atoms with E-state index in [1.165, 1.54) is 23.9 Å². The Kier molecular flexibility index (Phi) is 5.77. The van der Waals surface area contributed by atoms with E-state index in [0.29, 0.717) is 18.5 Å². The second-order valence-corrected chi connectivity index (χ2v) is 4.73. The minimum atomic E-state index is -0.468. The predicted molar refractivity (Wildman–Crippen MR) is 64.7 cm³/mol. The van der Waals surface area contributed by atoms with Crippen LogP contribution in [-0.4, -0.2) is 12.3 Å². The summed E-state index contributed by atoms with van der Waals surface area (Å²) in [7, 11) is 0. The van der Waals surface area contributed by atoms with Gasteiger partial charge in [0.05, 0.1) is 4.90 Å². The molecule has 0 saturated heterocycles. The molecular weight excluding hydrogens is 228 g/mol. The quantitative estimate of drug-likeness (QED) is 0.614. The Morgan fingerprint density at radius 2 is 1.88 bits per heavy atom. The molecule has 0 aliphatic rings. The van der Waals surface area contributed by atoms with Gasteiger partial charge in [-0.25, -0.2) is 8.78 Å². The van der Waals surface area contributed by atoms with Crippen LogP contribution in [0, 0.1) is 11.6 Å². The molecule has 0 spiro atoms. The van der Waals surface area contributed by atoms with Crippen LogP contribution >= 0.6 is 11.8 Å². The molecule has 0 saturated carbocycles. The Labute approximate surface area is 99.4 Å². The lowest BCUT2D eigenvalue weighted by Gasteiger charge is -2.07. The smallest absolute Gasteiger partial charge is 0.140 e. The van der Waals surface area contributed by atoms with Crippen molar-refractivity contribution in [3.05, 3.63) is 29.3 Å². The Hall–Kier alpha value is -0.610. The summed E-state index contributed by atoms with van der Waals surface area (Å²) in [5, 5.41) is 0. The molecule has 0 fully saturated rings. The monoisotopic (exact) mass is 245 g/mol. The van der Waals surface area contributed by atoms with Crippen molar-refractivity contribution in [1.82, 2.24) is 0 Å². The Balaban J connectivity index is 2.77. The van der Waals surface area contributed by atoms with Gasteiger partial charge in [0.25, 0.3) is 0 Å². The molecule has 16 heavy (non-hydrogen) atoms. The molecule has 0 atom stereocenters. The van der Waals surface area contributed by atoms with E-state index in [-0.39, 0.29) is 4.90 Å². The van der Waals surface area contributed by atoms with Crippen molar-refractivity contribution in [2.24, 2.45) is 5.73 Å². The lowest BCUT2D eigenvalue weighted by molar-refractivity contribution is 0.537. The van der Waals surface area contributed by atoms with Gasteiger partial charge in [-0.1, -0.05) is 13.3 Å². The van der Waals surface area contributed by atoms with Gasteiger partial charge in [0.15, 0.2) is 0 Å². The number of hydrogen-bond acceptors (Lipinski definition) is 2. The maximum atomic E-state index is 13.6. The zero-order chi connectivity index (χ0) is 12.0. The fourth-order valence-electron chi connectivity index (χ4n) is 1.38. The molecular formula is C12H17F2NS. The van der Waals surface area contributed by atoms with Crippen LogP contribution in [0.5, 0.6) is 0 Å². The molecule has 90 valence electrons. The number of nitrogens with two attached hydrogens (primary N) is 1. The molecule has 0 aliphatic heterocycles. The summed E-state index contributed by atoms with van der Waals surface area (Å²) in [6, 6.07) is 2.76. The summed E-state index contributed by atoms with van der Waals surface area (Å²) < 4.78 is 27.1. The molecule has 0 aromatic heterocycles. The molecule has 0 amide bonds. The topological polar surface area (TPSA) is 26.0 Å². The van der Waals surface area contributed by atoms with E-state index >= 15 is 0 Å². The van der Waals surface area contributed by atoms with Crippen LogP contribution in [0.2, 0.25) is 0 Å². The second-order valence-electron chi connectivity index (χ2n) is 3.63. The van der Waals surface area contributed by atoms with Crippen molar-refractivity contribution in [2.45, 2.75) is 31.1 Å². The molecule has 0 bridgehead atoms. The second kappa shape index (κ2) is 6.86. The number of hydrogen-bond donors (Lipinski definition) is 1. The van der Waals surface area contributed by atoms with Crippen molar-refractivity contribution in [2.75, 3.05) is 12.3 Å². The third kappa shape index (κ3) is 3.76. The fraction of sp³-hybridized carbons (Fsp3) is 0.500. The lowest BCUT2D eigenvalue weighted by Crippen LogP contribution is -2.04. The maximum absolute atomic E-state index is 13.6. The third-order valence-electron chi connectivity index (χ3n) is 2.24. The van der Waals surface area contributed by atoms with Crippen molar-refractivity contribution >= 4 is 11.8 Å². The van der Waals surface area contributed by atoms with E-state index in [4.69, 9.17) is 5.73 Å². The van der Waals surface area contributed by atoms with Gasteiger partial charge < -0.3 is 5.73 Å². The van der Waals surface area contributed by atoms with Crippen molar-refractivity contribution in [1.29, 1.82) is 0 Å². The third-order valence-corrected chi connectivity index (χ3v) is 3.41. The van der Waals surface area contributed by atoms with E-state index in [9.17, 15) is 8.78 Å². The van der Waals surface area contributed by atoms with Gasteiger partial charge in [0, 0.05) is 0 Å².